The molecular formula is C23H48O7. The molecule has 7 nitrogen and oxygen atoms in total. The van der Waals surface area contributed by atoms with E-state index in [1.165, 1.54) is 38.5 Å². The van der Waals surface area contributed by atoms with Gasteiger partial charge in [0, 0.05) is 13.2 Å². The molecule has 1 N–H and O–H groups in total. The van der Waals surface area contributed by atoms with Crippen molar-refractivity contribution in [2.45, 2.75) is 71.3 Å². The fraction of sp³-hybridized carbons (Fsp3) is 1.00. The van der Waals surface area contributed by atoms with E-state index >= 15 is 0 Å². The fourth-order valence-corrected chi connectivity index (χ4v) is 2.63. The van der Waals surface area contributed by atoms with Crippen LogP contribution in [-0.2, 0) is 28.4 Å². The topological polar surface area (TPSA) is 75.6 Å². The summed E-state index contributed by atoms with van der Waals surface area (Å²) in [7, 11) is 0. The highest BCUT2D eigenvalue weighted by molar-refractivity contribution is 4.51. The largest absolute Gasteiger partial charge is 0.388 e. The first-order chi connectivity index (χ1) is 14.8. The fourth-order valence-electron chi connectivity index (χ4n) is 2.63. The molecule has 0 unspecified atom stereocenters. The SMILES string of the molecule is CCCCCCOCCOCCOCCOC[C@@H](O)COCCOCCCCCC. The Balaban J connectivity index is 3.12. The molecule has 0 bridgehead atoms. The molecule has 0 aliphatic carbocycles. The van der Waals surface area contributed by atoms with Crippen LogP contribution in [0.4, 0.5) is 0 Å². The molecule has 182 valence electrons. The van der Waals surface area contributed by atoms with E-state index in [2.05, 4.69) is 13.8 Å². The predicted molar refractivity (Wildman–Crippen MR) is 119 cm³/mol. The summed E-state index contributed by atoms with van der Waals surface area (Å²) in [5.74, 6) is 0. The highest BCUT2D eigenvalue weighted by atomic mass is 16.6. The summed E-state index contributed by atoms with van der Waals surface area (Å²) >= 11 is 0. The molecule has 0 heterocycles. The third-order valence-corrected chi connectivity index (χ3v) is 4.39. The van der Waals surface area contributed by atoms with Crippen LogP contribution in [0.2, 0.25) is 0 Å². The molecule has 0 spiro atoms. The summed E-state index contributed by atoms with van der Waals surface area (Å²) < 4.78 is 32.6. The molecule has 0 aromatic heterocycles. The Morgan fingerprint density at radius 1 is 0.433 bits per heavy atom. The number of aliphatic hydroxyl groups excluding tert-OH is 1. The van der Waals surface area contributed by atoms with Crippen LogP contribution in [0.3, 0.4) is 0 Å². The Morgan fingerprint density at radius 3 is 1.13 bits per heavy atom. The molecule has 0 fully saturated rings. The van der Waals surface area contributed by atoms with E-state index in [0.717, 1.165) is 26.1 Å². The van der Waals surface area contributed by atoms with Crippen LogP contribution < -0.4 is 0 Å². The Morgan fingerprint density at radius 2 is 0.767 bits per heavy atom. The average molecular weight is 437 g/mol. The minimum absolute atomic E-state index is 0.243. The lowest BCUT2D eigenvalue weighted by atomic mass is 10.2. The number of rotatable bonds is 26. The monoisotopic (exact) mass is 436 g/mol. The quantitative estimate of drug-likeness (QED) is 0.208. The van der Waals surface area contributed by atoms with E-state index < -0.39 is 6.10 Å². The van der Waals surface area contributed by atoms with Crippen LogP contribution in [0, 0.1) is 0 Å². The van der Waals surface area contributed by atoms with Gasteiger partial charge in [0.2, 0.25) is 0 Å². The van der Waals surface area contributed by atoms with E-state index in [1.807, 2.05) is 0 Å². The van der Waals surface area contributed by atoms with Gasteiger partial charge in [0.1, 0.15) is 6.10 Å². The molecule has 0 saturated heterocycles. The van der Waals surface area contributed by atoms with E-state index in [1.54, 1.807) is 0 Å². The van der Waals surface area contributed by atoms with Crippen molar-refractivity contribution in [2.75, 3.05) is 79.3 Å². The molecule has 0 rings (SSSR count). The maximum atomic E-state index is 9.79. The lowest BCUT2D eigenvalue weighted by Crippen LogP contribution is -2.24. The van der Waals surface area contributed by atoms with Crippen LogP contribution in [-0.4, -0.2) is 90.5 Å². The zero-order chi connectivity index (χ0) is 22.0. The highest BCUT2D eigenvalue weighted by Gasteiger charge is 2.04. The maximum Gasteiger partial charge on any atom is 0.101 e. The first-order valence-corrected chi connectivity index (χ1v) is 12.0. The zero-order valence-electron chi connectivity index (χ0n) is 19.6. The number of hydrogen-bond donors (Lipinski definition) is 1. The molecule has 0 amide bonds. The minimum Gasteiger partial charge on any atom is -0.388 e. The maximum absolute atomic E-state index is 9.79. The molecule has 1 atom stereocenters. The van der Waals surface area contributed by atoms with Crippen LogP contribution in [0.5, 0.6) is 0 Å². The van der Waals surface area contributed by atoms with Crippen molar-refractivity contribution < 1.29 is 33.5 Å². The lowest BCUT2D eigenvalue weighted by Gasteiger charge is -2.12. The number of ether oxygens (including phenoxy) is 6. The molecule has 0 aromatic rings. The predicted octanol–water partition coefficient (Wildman–Crippen LogP) is 3.61. The second-order valence-electron chi connectivity index (χ2n) is 7.37. The van der Waals surface area contributed by atoms with Crippen LogP contribution in [0.1, 0.15) is 65.2 Å². The van der Waals surface area contributed by atoms with Crippen molar-refractivity contribution in [3.05, 3.63) is 0 Å². The smallest absolute Gasteiger partial charge is 0.101 e. The van der Waals surface area contributed by atoms with Gasteiger partial charge in [-0.1, -0.05) is 52.4 Å². The summed E-state index contributed by atoms with van der Waals surface area (Å²) in [5, 5.41) is 9.79. The van der Waals surface area contributed by atoms with Gasteiger partial charge in [-0.05, 0) is 12.8 Å². The molecular weight excluding hydrogens is 388 g/mol. The second kappa shape index (κ2) is 26.8. The van der Waals surface area contributed by atoms with Gasteiger partial charge < -0.3 is 33.5 Å². The van der Waals surface area contributed by atoms with Crippen LogP contribution in [0.15, 0.2) is 0 Å². The van der Waals surface area contributed by atoms with Gasteiger partial charge in [0.25, 0.3) is 0 Å². The van der Waals surface area contributed by atoms with Gasteiger partial charge >= 0.3 is 0 Å². The zero-order valence-corrected chi connectivity index (χ0v) is 19.6. The van der Waals surface area contributed by atoms with Crippen molar-refractivity contribution in [2.24, 2.45) is 0 Å². The number of hydrogen-bond acceptors (Lipinski definition) is 7. The van der Waals surface area contributed by atoms with Crippen molar-refractivity contribution in [1.82, 2.24) is 0 Å². The van der Waals surface area contributed by atoms with Gasteiger partial charge in [-0.25, -0.2) is 0 Å². The molecule has 0 aromatic carbocycles. The average Bonchev–Trinajstić information content (AvgIpc) is 2.75. The molecule has 0 aliphatic heterocycles. The van der Waals surface area contributed by atoms with Gasteiger partial charge in [-0.15, -0.1) is 0 Å². The third-order valence-electron chi connectivity index (χ3n) is 4.39. The minimum atomic E-state index is -0.625. The lowest BCUT2D eigenvalue weighted by molar-refractivity contribution is -0.0456. The normalized spacial score (nSPS) is 12.5. The van der Waals surface area contributed by atoms with E-state index in [0.29, 0.717) is 52.9 Å². The van der Waals surface area contributed by atoms with Gasteiger partial charge in [0.15, 0.2) is 0 Å². The molecule has 7 heteroatoms. The van der Waals surface area contributed by atoms with Crippen molar-refractivity contribution in [1.29, 1.82) is 0 Å². The number of aliphatic hydroxyl groups is 1. The first-order valence-electron chi connectivity index (χ1n) is 12.0. The van der Waals surface area contributed by atoms with Gasteiger partial charge in [-0.3, -0.25) is 0 Å². The Labute approximate surface area is 184 Å². The Kier molecular flexibility index (Phi) is 26.5. The first kappa shape index (κ1) is 29.7. The summed E-state index contributed by atoms with van der Waals surface area (Å²) in [6, 6.07) is 0. The molecule has 0 saturated carbocycles. The summed E-state index contributed by atoms with van der Waals surface area (Å²) in [6.07, 6.45) is 9.10. The molecule has 0 radical (unpaired) electrons. The van der Waals surface area contributed by atoms with Crippen molar-refractivity contribution in [3.63, 3.8) is 0 Å². The Hall–Kier alpha value is -0.280. The third kappa shape index (κ3) is 25.8. The summed E-state index contributed by atoms with van der Waals surface area (Å²) in [6.45, 7) is 10.8. The van der Waals surface area contributed by atoms with E-state index in [-0.39, 0.29) is 13.2 Å². The standard InChI is InChI=1S/C23H48O7/c1-3-5-7-9-11-25-13-14-27-15-16-28-18-20-30-22-23(24)21-29-19-17-26-12-10-8-6-4-2/h23-24H,3-22H2,1-2H3/t23-/m0/s1. The van der Waals surface area contributed by atoms with Crippen molar-refractivity contribution in [3.8, 4) is 0 Å². The van der Waals surface area contributed by atoms with E-state index in [9.17, 15) is 5.11 Å². The second-order valence-corrected chi connectivity index (χ2v) is 7.37. The van der Waals surface area contributed by atoms with Gasteiger partial charge in [-0.2, -0.15) is 0 Å². The summed E-state index contributed by atoms with van der Waals surface area (Å²) in [5.41, 5.74) is 0. The molecule has 30 heavy (non-hydrogen) atoms. The van der Waals surface area contributed by atoms with Crippen LogP contribution in [0.25, 0.3) is 0 Å². The molecule has 0 aliphatic rings. The highest BCUT2D eigenvalue weighted by Crippen LogP contribution is 1.99. The van der Waals surface area contributed by atoms with E-state index in [4.69, 9.17) is 28.4 Å². The Bertz CT molecular complexity index is 305. The van der Waals surface area contributed by atoms with Crippen LogP contribution >= 0.6 is 0 Å². The summed E-state index contributed by atoms with van der Waals surface area (Å²) in [4.78, 5) is 0. The van der Waals surface area contributed by atoms with Gasteiger partial charge in [0.05, 0.1) is 66.1 Å². The van der Waals surface area contributed by atoms with Crippen molar-refractivity contribution >= 4 is 0 Å². The number of unbranched alkanes of at least 4 members (excludes halogenated alkanes) is 6.